The molecule has 14 heavy (non-hydrogen) atoms. The summed E-state index contributed by atoms with van der Waals surface area (Å²) in [6.45, 7) is 4.55. The molecular formula is C10H20N2O2. The number of rotatable bonds is 2. The molecule has 2 amide bonds. The van der Waals surface area contributed by atoms with Crippen LogP contribution in [-0.4, -0.2) is 54.2 Å². The van der Waals surface area contributed by atoms with Gasteiger partial charge in [0.05, 0.1) is 0 Å². The highest BCUT2D eigenvalue weighted by Gasteiger charge is 2.23. The molecule has 1 rings (SSSR count). The lowest BCUT2D eigenvalue weighted by molar-refractivity contribution is 0.120. The molecule has 0 aromatic rings. The quantitative estimate of drug-likeness (QED) is 0.715. The predicted octanol–water partition coefficient (Wildman–Crippen LogP) is 0.762. The molecule has 0 saturated carbocycles. The van der Waals surface area contributed by atoms with Crippen molar-refractivity contribution in [2.24, 2.45) is 5.92 Å². The number of aliphatic hydroxyl groups excluding tert-OH is 1. The second-order valence-electron chi connectivity index (χ2n) is 3.91. The van der Waals surface area contributed by atoms with Crippen LogP contribution in [-0.2, 0) is 0 Å². The Kier molecular flexibility index (Phi) is 4.20. The fraction of sp³-hybridized carbons (Fsp3) is 0.900. The Hall–Kier alpha value is -0.770. The van der Waals surface area contributed by atoms with Crippen molar-refractivity contribution < 1.29 is 9.90 Å². The maximum atomic E-state index is 11.7. The van der Waals surface area contributed by atoms with E-state index in [1.807, 2.05) is 18.9 Å². The van der Waals surface area contributed by atoms with Crippen molar-refractivity contribution in [1.82, 2.24) is 9.80 Å². The maximum absolute atomic E-state index is 11.7. The van der Waals surface area contributed by atoms with E-state index in [4.69, 9.17) is 5.11 Å². The number of urea groups is 1. The summed E-state index contributed by atoms with van der Waals surface area (Å²) in [4.78, 5) is 15.3. The van der Waals surface area contributed by atoms with Gasteiger partial charge in [-0.2, -0.15) is 0 Å². The van der Waals surface area contributed by atoms with E-state index in [0.29, 0.717) is 5.92 Å². The Morgan fingerprint density at radius 1 is 1.50 bits per heavy atom. The number of aliphatic hydroxyl groups is 1. The Labute approximate surface area is 85.5 Å². The van der Waals surface area contributed by atoms with Gasteiger partial charge in [0.15, 0.2) is 0 Å². The van der Waals surface area contributed by atoms with Gasteiger partial charge in [-0.15, -0.1) is 0 Å². The first-order valence-electron chi connectivity index (χ1n) is 5.30. The lowest BCUT2D eigenvalue weighted by atomic mass is 9.98. The van der Waals surface area contributed by atoms with E-state index < -0.39 is 0 Å². The molecule has 1 aliphatic heterocycles. The molecule has 0 unspecified atom stereocenters. The van der Waals surface area contributed by atoms with Crippen molar-refractivity contribution >= 4 is 6.03 Å². The minimum absolute atomic E-state index is 0.115. The highest BCUT2D eigenvalue weighted by atomic mass is 16.3. The van der Waals surface area contributed by atoms with Crippen LogP contribution in [0, 0.1) is 5.92 Å². The molecule has 0 aromatic heterocycles. The molecule has 1 N–H and O–H groups in total. The van der Waals surface area contributed by atoms with Gasteiger partial charge >= 0.3 is 6.03 Å². The highest BCUT2D eigenvalue weighted by molar-refractivity contribution is 5.74. The summed E-state index contributed by atoms with van der Waals surface area (Å²) in [5, 5.41) is 8.96. The van der Waals surface area contributed by atoms with Crippen LogP contribution in [0.3, 0.4) is 0 Å². The van der Waals surface area contributed by atoms with Crippen LogP contribution in [0.2, 0.25) is 0 Å². The molecule has 1 heterocycles. The zero-order chi connectivity index (χ0) is 10.6. The van der Waals surface area contributed by atoms with E-state index in [0.717, 1.165) is 32.5 Å². The monoisotopic (exact) mass is 200 g/mol. The second kappa shape index (κ2) is 5.20. The molecule has 1 saturated heterocycles. The van der Waals surface area contributed by atoms with Crippen LogP contribution in [0.25, 0.3) is 0 Å². The fourth-order valence-electron chi connectivity index (χ4n) is 1.68. The number of nitrogens with zero attached hydrogens (tertiary/aromatic N) is 2. The van der Waals surface area contributed by atoms with Gasteiger partial charge < -0.3 is 14.9 Å². The van der Waals surface area contributed by atoms with Crippen molar-refractivity contribution in [2.45, 2.75) is 19.8 Å². The van der Waals surface area contributed by atoms with Crippen molar-refractivity contribution in [3.8, 4) is 0 Å². The fourth-order valence-corrected chi connectivity index (χ4v) is 1.68. The molecule has 0 aromatic carbocycles. The molecule has 0 atom stereocenters. The van der Waals surface area contributed by atoms with Crippen LogP contribution < -0.4 is 0 Å². The molecule has 0 radical (unpaired) electrons. The average molecular weight is 200 g/mol. The first-order chi connectivity index (χ1) is 6.69. The highest BCUT2D eigenvalue weighted by Crippen LogP contribution is 2.17. The van der Waals surface area contributed by atoms with Gasteiger partial charge in [0.2, 0.25) is 0 Å². The van der Waals surface area contributed by atoms with Crippen LogP contribution in [0.5, 0.6) is 0 Å². The Morgan fingerprint density at radius 2 is 2.07 bits per heavy atom. The van der Waals surface area contributed by atoms with E-state index in [1.54, 1.807) is 4.90 Å². The van der Waals surface area contributed by atoms with Gasteiger partial charge in [-0.05, 0) is 25.7 Å². The Balaban J connectivity index is 2.37. The molecular weight excluding hydrogens is 180 g/mol. The Morgan fingerprint density at radius 3 is 2.50 bits per heavy atom. The summed E-state index contributed by atoms with van der Waals surface area (Å²) in [6.07, 6.45) is 1.86. The summed E-state index contributed by atoms with van der Waals surface area (Å²) in [6, 6.07) is 0.115. The van der Waals surface area contributed by atoms with Gasteiger partial charge in [0, 0.05) is 33.3 Å². The van der Waals surface area contributed by atoms with E-state index in [2.05, 4.69) is 0 Å². The number of carbonyl (C=O) groups excluding carboxylic acids is 1. The number of hydrogen-bond donors (Lipinski definition) is 1. The smallest absolute Gasteiger partial charge is 0.319 e. The van der Waals surface area contributed by atoms with Crippen molar-refractivity contribution in [3.63, 3.8) is 0 Å². The molecule has 1 fully saturated rings. The first kappa shape index (κ1) is 11.3. The topological polar surface area (TPSA) is 43.8 Å². The molecule has 0 bridgehead atoms. The SMILES string of the molecule is CCN(C)C(=O)N1CCC(CO)CC1. The van der Waals surface area contributed by atoms with Crippen LogP contribution in [0.1, 0.15) is 19.8 Å². The second-order valence-corrected chi connectivity index (χ2v) is 3.91. The summed E-state index contributed by atoms with van der Waals surface area (Å²) in [5.74, 6) is 0.394. The number of carbonyl (C=O) groups is 1. The molecule has 0 aliphatic carbocycles. The average Bonchev–Trinajstić information content (AvgIpc) is 2.27. The minimum atomic E-state index is 0.115. The molecule has 1 aliphatic rings. The van der Waals surface area contributed by atoms with Crippen LogP contribution >= 0.6 is 0 Å². The summed E-state index contributed by atoms with van der Waals surface area (Å²) < 4.78 is 0. The molecule has 4 nitrogen and oxygen atoms in total. The Bertz CT molecular complexity index is 189. The standard InChI is InChI=1S/C10H20N2O2/c1-3-11(2)10(14)12-6-4-9(8-13)5-7-12/h9,13H,3-8H2,1-2H3. The van der Waals surface area contributed by atoms with Gasteiger partial charge in [0.25, 0.3) is 0 Å². The largest absolute Gasteiger partial charge is 0.396 e. The number of hydrogen-bond acceptors (Lipinski definition) is 2. The zero-order valence-electron chi connectivity index (χ0n) is 9.07. The minimum Gasteiger partial charge on any atom is -0.396 e. The first-order valence-corrected chi connectivity index (χ1v) is 5.30. The summed E-state index contributed by atoms with van der Waals surface area (Å²) in [7, 11) is 1.82. The van der Waals surface area contributed by atoms with Crippen LogP contribution in [0.15, 0.2) is 0 Å². The lowest BCUT2D eigenvalue weighted by Gasteiger charge is -2.33. The number of amides is 2. The van der Waals surface area contributed by atoms with Crippen LogP contribution in [0.4, 0.5) is 4.79 Å². The van der Waals surface area contributed by atoms with E-state index >= 15 is 0 Å². The molecule has 4 heteroatoms. The van der Waals surface area contributed by atoms with Crippen molar-refractivity contribution in [1.29, 1.82) is 0 Å². The molecule has 82 valence electrons. The number of piperidine rings is 1. The van der Waals surface area contributed by atoms with Crippen molar-refractivity contribution in [2.75, 3.05) is 33.3 Å². The predicted molar refractivity (Wildman–Crippen MR) is 55.1 cm³/mol. The third kappa shape index (κ3) is 2.61. The van der Waals surface area contributed by atoms with Gasteiger partial charge in [0.1, 0.15) is 0 Å². The lowest BCUT2D eigenvalue weighted by Crippen LogP contribution is -2.45. The van der Waals surface area contributed by atoms with Gasteiger partial charge in [-0.1, -0.05) is 0 Å². The van der Waals surface area contributed by atoms with E-state index in [9.17, 15) is 4.79 Å². The van der Waals surface area contributed by atoms with Crippen molar-refractivity contribution in [3.05, 3.63) is 0 Å². The van der Waals surface area contributed by atoms with Gasteiger partial charge in [-0.25, -0.2) is 4.79 Å². The van der Waals surface area contributed by atoms with E-state index in [-0.39, 0.29) is 12.6 Å². The third-order valence-electron chi connectivity index (χ3n) is 2.94. The maximum Gasteiger partial charge on any atom is 0.319 e. The van der Waals surface area contributed by atoms with E-state index in [1.165, 1.54) is 0 Å². The van der Waals surface area contributed by atoms with Gasteiger partial charge in [-0.3, -0.25) is 0 Å². The number of likely N-dealkylation sites (tertiary alicyclic amines) is 1. The molecule has 0 spiro atoms. The zero-order valence-corrected chi connectivity index (χ0v) is 9.07. The summed E-state index contributed by atoms with van der Waals surface area (Å²) in [5.41, 5.74) is 0. The normalized spacial score (nSPS) is 18.4. The third-order valence-corrected chi connectivity index (χ3v) is 2.94. The summed E-state index contributed by atoms with van der Waals surface area (Å²) >= 11 is 0.